The molecule has 1 unspecified atom stereocenters. The Kier molecular flexibility index (Phi) is 2.61. The van der Waals surface area contributed by atoms with Gasteiger partial charge in [-0.15, -0.1) is 11.8 Å². The van der Waals surface area contributed by atoms with E-state index in [0.717, 1.165) is 6.54 Å². The van der Waals surface area contributed by atoms with Gasteiger partial charge < -0.3 is 5.32 Å². The van der Waals surface area contributed by atoms with Crippen LogP contribution in [0.4, 0.5) is 0 Å². The molecule has 2 rings (SSSR count). The highest BCUT2D eigenvalue weighted by Crippen LogP contribution is 2.36. The van der Waals surface area contributed by atoms with Crippen LogP contribution in [-0.4, -0.2) is 11.4 Å². The van der Waals surface area contributed by atoms with Crippen molar-refractivity contribution in [2.24, 2.45) is 0 Å². The predicted molar refractivity (Wildman–Crippen MR) is 57.9 cm³/mol. The molecule has 70 valence electrons. The van der Waals surface area contributed by atoms with Gasteiger partial charge in [-0.1, -0.05) is 18.2 Å². The van der Waals surface area contributed by atoms with Gasteiger partial charge in [0.05, 0.1) is 4.87 Å². The fourth-order valence-electron chi connectivity index (χ4n) is 1.70. The van der Waals surface area contributed by atoms with Gasteiger partial charge in [-0.05, 0) is 38.4 Å². The number of nitrogens with one attached hydrogen (secondary N) is 1. The first-order chi connectivity index (χ1) is 6.29. The SMILES string of the molecule is CC1(Sc2ccccc2)CCCN1. The molecule has 0 bridgehead atoms. The third kappa shape index (κ3) is 2.26. The largest absolute Gasteiger partial charge is 0.303 e. The van der Waals surface area contributed by atoms with Crippen molar-refractivity contribution in [3.8, 4) is 0 Å². The summed E-state index contributed by atoms with van der Waals surface area (Å²) in [6.07, 6.45) is 2.57. The molecule has 0 aromatic heterocycles. The highest BCUT2D eigenvalue weighted by Gasteiger charge is 2.28. The van der Waals surface area contributed by atoms with Crippen molar-refractivity contribution in [3.05, 3.63) is 30.3 Å². The Morgan fingerprint density at radius 3 is 2.69 bits per heavy atom. The number of thioether (sulfide) groups is 1. The first-order valence-corrected chi connectivity index (χ1v) is 5.59. The lowest BCUT2D eigenvalue weighted by atomic mass is 10.2. The third-order valence-electron chi connectivity index (χ3n) is 2.42. The van der Waals surface area contributed by atoms with Crippen LogP contribution in [0.3, 0.4) is 0 Å². The number of hydrogen-bond acceptors (Lipinski definition) is 2. The van der Waals surface area contributed by atoms with Crippen LogP contribution >= 0.6 is 11.8 Å². The van der Waals surface area contributed by atoms with Crippen LogP contribution < -0.4 is 5.32 Å². The fraction of sp³-hybridized carbons (Fsp3) is 0.455. The molecule has 1 aliphatic rings. The van der Waals surface area contributed by atoms with Crippen molar-refractivity contribution >= 4 is 11.8 Å². The van der Waals surface area contributed by atoms with E-state index in [9.17, 15) is 0 Å². The van der Waals surface area contributed by atoms with Crippen LogP contribution in [0.2, 0.25) is 0 Å². The minimum atomic E-state index is 0.265. The Balaban J connectivity index is 2.05. The van der Waals surface area contributed by atoms with Crippen LogP contribution in [0.25, 0.3) is 0 Å². The minimum Gasteiger partial charge on any atom is -0.303 e. The molecule has 0 radical (unpaired) electrons. The molecule has 1 aromatic carbocycles. The van der Waals surface area contributed by atoms with Crippen molar-refractivity contribution in [2.75, 3.05) is 6.54 Å². The summed E-state index contributed by atoms with van der Waals surface area (Å²) in [6, 6.07) is 10.6. The highest BCUT2D eigenvalue weighted by atomic mass is 32.2. The van der Waals surface area contributed by atoms with Crippen molar-refractivity contribution in [1.82, 2.24) is 5.32 Å². The molecular weight excluding hydrogens is 178 g/mol. The first-order valence-electron chi connectivity index (χ1n) is 4.78. The zero-order chi connectivity index (χ0) is 9.15. The van der Waals surface area contributed by atoms with E-state index in [1.165, 1.54) is 17.7 Å². The lowest BCUT2D eigenvalue weighted by Crippen LogP contribution is -2.31. The lowest BCUT2D eigenvalue weighted by Gasteiger charge is -2.23. The Hall–Kier alpha value is -0.470. The van der Waals surface area contributed by atoms with Gasteiger partial charge in [0.25, 0.3) is 0 Å². The van der Waals surface area contributed by atoms with Crippen LogP contribution in [-0.2, 0) is 0 Å². The first kappa shape index (κ1) is 9.10. The summed E-state index contributed by atoms with van der Waals surface area (Å²) in [4.78, 5) is 1.63. The van der Waals surface area contributed by atoms with E-state index < -0.39 is 0 Å². The van der Waals surface area contributed by atoms with Crippen LogP contribution in [0.1, 0.15) is 19.8 Å². The van der Waals surface area contributed by atoms with Crippen molar-refractivity contribution in [1.29, 1.82) is 0 Å². The average Bonchev–Trinajstić information content (AvgIpc) is 2.54. The quantitative estimate of drug-likeness (QED) is 0.775. The zero-order valence-electron chi connectivity index (χ0n) is 7.92. The normalized spacial score (nSPS) is 27.8. The Morgan fingerprint density at radius 1 is 1.31 bits per heavy atom. The van der Waals surface area contributed by atoms with Crippen LogP contribution in [0.5, 0.6) is 0 Å². The van der Waals surface area contributed by atoms with Gasteiger partial charge in [0.15, 0.2) is 0 Å². The predicted octanol–water partition coefficient (Wildman–Crippen LogP) is 2.88. The van der Waals surface area contributed by atoms with Gasteiger partial charge in [0.1, 0.15) is 0 Å². The van der Waals surface area contributed by atoms with Gasteiger partial charge >= 0.3 is 0 Å². The Labute approximate surface area is 83.9 Å². The third-order valence-corrected chi connectivity index (χ3v) is 3.72. The fourth-order valence-corrected chi connectivity index (χ4v) is 2.94. The highest BCUT2D eigenvalue weighted by molar-refractivity contribution is 8.00. The Morgan fingerprint density at radius 2 is 2.08 bits per heavy atom. The second-order valence-electron chi connectivity index (χ2n) is 3.68. The standard InChI is InChI=1S/C11H15NS/c1-11(8-5-9-12-11)13-10-6-3-2-4-7-10/h2-4,6-7,12H,5,8-9H2,1H3. The van der Waals surface area contributed by atoms with Gasteiger partial charge in [-0.25, -0.2) is 0 Å². The summed E-state index contributed by atoms with van der Waals surface area (Å²) in [5.74, 6) is 0. The molecule has 1 heterocycles. The second-order valence-corrected chi connectivity index (χ2v) is 5.25. The molecule has 13 heavy (non-hydrogen) atoms. The molecule has 0 amide bonds. The maximum absolute atomic E-state index is 3.54. The summed E-state index contributed by atoms with van der Waals surface area (Å²) in [7, 11) is 0. The van der Waals surface area contributed by atoms with Gasteiger partial charge in [-0.3, -0.25) is 0 Å². The monoisotopic (exact) mass is 193 g/mol. The van der Waals surface area contributed by atoms with Crippen molar-refractivity contribution in [2.45, 2.75) is 29.5 Å². The van der Waals surface area contributed by atoms with Gasteiger partial charge in [-0.2, -0.15) is 0 Å². The maximum atomic E-state index is 3.54. The Bertz CT molecular complexity index is 265. The minimum absolute atomic E-state index is 0.265. The number of rotatable bonds is 2. The van der Waals surface area contributed by atoms with E-state index in [-0.39, 0.29) is 4.87 Å². The summed E-state index contributed by atoms with van der Waals surface area (Å²) in [5, 5.41) is 3.54. The van der Waals surface area contributed by atoms with E-state index in [1.807, 2.05) is 11.8 Å². The van der Waals surface area contributed by atoms with Crippen LogP contribution in [0, 0.1) is 0 Å². The van der Waals surface area contributed by atoms with Crippen LogP contribution in [0.15, 0.2) is 35.2 Å². The molecule has 1 nitrogen and oxygen atoms in total. The molecule has 1 atom stereocenters. The molecule has 1 saturated heterocycles. The molecule has 1 fully saturated rings. The number of hydrogen-bond donors (Lipinski definition) is 1. The van der Waals surface area contributed by atoms with Crippen molar-refractivity contribution in [3.63, 3.8) is 0 Å². The molecule has 0 aliphatic carbocycles. The summed E-state index contributed by atoms with van der Waals surface area (Å²) in [5.41, 5.74) is 0. The summed E-state index contributed by atoms with van der Waals surface area (Å²) < 4.78 is 0. The number of benzene rings is 1. The smallest absolute Gasteiger partial charge is 0.0663 e. The molecule has 0 spiro atoms. The van der Waals surface area contributed by atoms with Gasteiger partial charge in [0, 0.05) is 4.90 Å². The molecule has 0 saturated carbocycles. The molecule has 1 N–H and O–H groups in total. The average molecular weight is 193 g/mol. The van der Waals surface area contributed by atoms with E-state index >= 15 is 0 Å². The topological polar surface area (TPSA) is 12.0 Å². The zero-order valence-corrected chi connectivity index (χ0v) is 8.73. The maximum Gasteiger partial charge on any atom is 0.0663 e. The van der Waals surface area contributed by atoms with E-state index in [4.69, 9.17) is 0 Å². The summed E-state index contributed by atoms with van der Waals surface area (Å²) >= 11 is 1.94. The van der Waals surface area contributed by atoms with Crippen molar-refractivity contribution < 1.29 is 0 Å². The molecule has 2 heteroatoms. The van der Waals surface area contributed by atoms with E-state index in [1.54, 1.807) is 0 Å². The van der Waals surface area contributed by atoms with Gasteiger partial charge in [0.2, 0.25) is 0 Å². The van der Waals surface area contributed by atoms with E-state index in [0.29, 0.717) is 0 Å². The second kappa shape index (κ2) is 3.72. The summed E-state index contributed by atoms with van der Waals surface area (Å²) in [6.45, 7) is 3.45. The lowest BCUT2D eigenvalue weighted by molar-refractivity contribution is 0.603. The molecular formula is C11H15NS. The van der Waals surface area contributed by atoms with E-state index in [2.05, 4.69) is 42.6 Å². The molecule has 1 aromatic rings. The molecule has 1 aliphatic heterocycles.